The van der Waals surface area contributed by atoms with E-state index < -0.39 is 24.8 Å². The third kappa shape index (κ3) is 3.84. The van der Waals surface area contributed by atoms with Gasteiger partial charge in [-0.25, -0.2) is 8.78 Å². The Labute approximate surface area is 108 Å². The number of halogens is 4. The van der Waals surface area contributed by atoms with Crippen molar-refractivity contribution >= 4 is 11.6 Å². The smallest absolute Gasteiger partial charge is 0.324 e. The number of carbonyl (C=O) groups is 1. The molecule has 2 N–H and O–H groups in total. The lowest BCUT2D eigenvalue weighted by Crippen LogP contribution is -2.41. The zero-order chi connectivity index (χ0) is 14.6. The van der Waals surface area contributed by atoms with Gasteiger partial charge in [0.05, 0.1) is 12.1 Å². The molecule has 0 radical (unpaired) electrons. The number of aryl methyl sites for hydroxylation is 1. The van der Waals surface area contributed by atoms with E-state index in [2.05, 4.69) is 5.32 Å². The fourth-order valence-electron chi connectivity index (χ4n) is 1.43. The summed E-state index contributed by atoms with van der Waals surface area (Å²) < 4.78 is 49.3. The van der Waals surface area contributed by atoms with Crippen molar-refractivity contribution in [3.63, 3.8) is 0 Å². The van der Waals surface area contributed by atoms with Crippen molar-refractivity contribution < 1.29 is 22.4 Å². The molecule has 0 unspecified atom stereocenters. The molecule has 0 aromatic heterocycles. The third-order valence-electron chi connectivity index (χ3n) is 2.49. The summed E-state index contributed by atoms with van der Waals surface area (Å²) in [6, 6.07) is 4.72. The monoisotopic (exact) mass is 278 g/mol. The number of hydrogen-bond donors (Lipinski definition) is 2. The molecule has 0 atom stereocenters. The summed E-state index contributed by atoms with van der Waals surface area (Å²) in [4.78, 5) is 11.7. The van der Waals surface area contributed by atoms with E-state index in [-0.39, 0.29) is 5.56 Å². The predicted octanol–water partition coefficient (Wildman–Crippen LogP) is 2.67. The van der Waals surface area contributed by atoms with Crippen LogP contribution in [0.2, 0.25) is 0 Å². The first-order chi connectivity index (χ1) is 8.77. The zero-order valence-corrected chi connectivity index (χ0v) is 10.4. The van der Waals surface area contributed by atoms with Crippen LogP contribution < -0.4 is 10.6 Å². The van der Waals surface area contributed by atoms with E-state index in [0.717, 1.165) is 5.56 Å². The summed E-state index contributed by atoms with van der Waals surface area (Å²) >= 11 is 0. The lowest BCUT2D eigenvalue weighted by Gasteiger charge is -2.16. The molecular formula is C12H14F4N2O. The molecule has 1 aromatic carbocycles. The van der Waals surface area contributed by atoms with E-state index in [1.807, 2.05) is 0 Å². The lowest BCUT2D eigenvalue weighted by molar-refractivity contribution is -0.123. The molecular weight excluding hydrogens is 264 g/mol. The normalized spacial score (nSPS) is 11.5. The van der Waals surface area contributed by atoms with Crippen molar-refractivity contribution in [3.8, 4) is 0 Å². The summed E-state index contributed by atoms with van der Waals surface area (Å²) in [7, 11) is 1.57. The average Bonchev–Trinajstić information content (AvgIpc) is 2.35. The number of amides is 1. The van der Waals surface area contributed by atoms with Crippen LogP contribution in [0.1, 0.15) is 15.9 Å². The van der Waals surface area contributed by atoms with Crippen LogP contribution in [-0.2, 0) is 0 Å². The number of rotatable bonds is 5. The van der Waals surface area contributed by atoms with E-state index in [4.69, 9.17) is 0 Å². The van der Waals surface area contributed by atoms with Crippen molar-refractivity contribution in [2.45, 2.75) is 19.3 Å². The van der Waals surface area contributed by atoms with E-state index in [0.29, 0.717) is 5.69 Å². The van der Waals surface area contributed by atoms with Crippen LogP contribution in [0.5, 0.6) is 0 Å². The third-order valence-corrected chi connectivity index (χ3v) is 2.49. The Kier molecular flexibility index (Phi) is 4.74. The van der Waals surface area contributed by atoms with Gasteiger partial charge in [-0.1, -0.05) is 6.07 Å². The van der Waals surface area contributed by atoms with Crippen LogP contribution in [0, 0.1) is 6.92 Å². The minimum absolute atomic E-state index is 0.123. The molecule has 1 aromatic rings. The number of nitrogens with one attached hydrogen (secondary N) is 2. The Morgan fingerprint density at radius 1 is 1.37 bits per heavy atom. The fraction of sp³-hybridized carbons (Fsp3) is 0.417. The minimum Gasteiger partial charge on any atom is -0.387 e. The Balaban J connectivity index is 2.79. The number of benzene rings is 1. The molecule has 0 bridgehead atoms. The summed E-state index contributed by atoms with van der Waals surface area (Å²) in [6.07, 6.45) is -3.81. The van der Waals surface area contributed by atoms with Crippen molar-refractivity contribution in [1.82, 2.24) is 5.32 Å². The average molecular weight is 278 g/mol. The molecule has 0 fully saturated rings. The second kappa shape index (κ2) is 5.90. The Morgan fingerprint density at radius 2 is 2.00 bits per heavy atom. The number of anilines is 1. The SMILES string of the molecule is CNc1cc(C)ccc1C(=O)NCC(F)(F)C(F)F. The topological polar surface area (TPSA) is 41.1 Å². The standard InChI is InChI=1S/C12H14F4N2O/c1-7-3-4-8(9(5-7)17-2)10(19)18-6-12(15,16)11(13)14/h3-5,11,17H,6H2,1-2H3,(H,18,19). The first kappa shape index (κ1) is 15.3. The van der Waals surface area contributed by atoms with Gasteiger partial charge in [-0.15, -0.1) is 0 Å². The number of alkyl halides is 4. The van der Waals surface area contributed by atoms with Gasteiger partial charge in [0.25, 0.3) is 5.91 Å². The van der Waals surface area contributed by atoms with Crippen LogP contribution >= 0.6 is 0 Å². The molecule has 0 aliphatic rings. The maximum absolute atomic E-state index is 12.7. The van der Waals surface area contributed by atoms with E-state index >= 15 is 0 Å². The van der Waals surface area contributed by atoms with Gasteiger partial charge >= 0.3 is 12.3 Å². The first-order valence-electron chi connectivity index (χ1n) is 5.50. The molecule has 0 saturated heterocycles. The predicted molar refractivity (Wildman–Crippen MR) is 64.0 cm³/mol. The molecule has 106 valence electrons. The molecule has 19 heavy (non-hydrogen) atoms. The number of hydrogen-bond acceptors (Lipinski definition) is 2. The summed E-state index contributed by atoms with van der Waals surface area (Å²) in [5.74, 6) is -5.06. The molecule has 0 spiro atoms. The van der Waals surface area contributed by atoms with Gasteiger partial charge in [-0.05, 0) is 24.6 Å². The van der Waals surface area contributed by atoms with Crippen LogP contribution in [0.25, 0.3) is 0 Å². The van der Waals surface area contributed by atoms with Gasteiger partial charge in [0, 0.05) is 12.7 Å². The highest BCUT2D eigenvalue weighted by Gasteiger charge is 2.40. The van der Waals surface area contributed by atoms with E-state index in [1.165, 1.54) is 6.07 Å². The lowest BCUT2D eigenvalue weighted by atomic mass is 10.1. The molecule has 7 heteroatoms. The summed E-state index contributed by atoms with van der Waals surface area (Å²) in [6.45, 7) is 0.397. The fourth-order valence-corrected chi connectivity index (χ4v) is 1.43. The van der Waals surface area contributed by atoms with Gasteiger partial charge < -0.3 is 10.6 Å². The molecule has 1 amide bonds. The molecule has 0 aliphatic carbocycles. The molecule has 0 saturated carbocycles. The van der Waals surface area contributed by atoms with Crippen molar-refractivity contribution in [1.29, 1.82) is 0 Å². The quantitative estimate of drug-likeness (QED) is 0.813. The first-order valence-corrected chi connectivity index (χ1v) is 5.50. The molecule has 3 nitrogen and oxygen atoms in total. The highest BCUT2D eigenvalue weighted by Crippen LogP contribution is 2.22. The number of carbonyl (C=O) groups excluding carboxylic acids is 1. The summed E-state index contributed by atoms with van der Waals surface area (Å²) in [5, 5.41) is 4.55. The van der Waals surface area contributed by atoms with Crippen LogP contribution in [0.15, 0.2) is 18.2 Å². The minimum atomic E-state index is -4.24. The molecule has 1 rings (SSSR count). The second-order valence-corrected chi connectivity index (χ2v) is 4.04. The van der Waals surface area contributed by atoms with Gasteiger partial charge in [0.15, 0.2) is 0 Å². The van der Waals surface area contributed by atoms with Crippen molar-refractivity contribution in [3.05, 3.63) is 29.3 Å². The van der Waals surface area contributed by atoms with Gasteiger partial charge in [0.2, 0.25) is 0 Å². The summed E-state index contributed by atoms with van der Waals surface area (Å²) in [5.41, 5.74) is 1.44. The van der Waals surface area contributed by atoms with Crippen molar-refractivity contribution in [2.24, 2.45) is 0 Å². The highest BCUT2D eigenvalue weighted by atomic mass is 19.3. The van der Waals surface area contributed by atoms with Crippen LogP contribution in [-0.4, -0.2) is 31.8 Å². The largest absolute Gasteiger partial charge is 0.387 e. The van der Waals surface area contributed by atoms with Crippen LogP contribution in [0.4, 0.5) is 23.2 Å². The van der Waals surface area contributed by atoms with Gasteiger partial charge in [-0.3, -0.25) is 4.79 Å². The Morgan fingerprint density at radius 3 is 2.53 bits per heavy atom. The Bertz CT molecular complexity index is 463. The maximum Gasteiger partial charge on any atom is 0.324 e. The van der Waals surface area contributed by atoms with Crippen LogP contribution in [0.3, 0.4) is 0 Å². The second-order valence-electron chi connectivity index (χ2n) is 4.04. The van der Waals surface area contributed by atoms with Crippen molar-refractivity contribution in [2.75, 3.05) is 18.9 Å². The highest BCUT2D eigenvalue weighted by molar-refractivity contribution is 5.99. The Hall–Kier alpha value is -1.79. The zero-order valence-electron chi connectivity index (χ0n) is 10.4. The maximum atomic E-state index is 12.7. The molecule has 0 heterocycles. The van der Waals surface area contributed by atoms with Gasteiger partial charge in [-0.2, -0.15) is 8.78 Å². The molecule has 0 aliphatic heterocycles. The van der Waals surface area contributed by atoms with E-state index in [9.17, 15) is 22.4 Å². The van der Waals surface area contributed by atoms with E-state index in [1.54, 1.807) is 31.4 Å². The van der Waals surface area contributed by atoms with Gasteiger partial charge in [0.1, 0.15) is 0 Å².